The van der Waals surface area contributed by atoms with Crippen molar-refractivity contribution in [1.29, 1.82) is 5.26 Å². The van der Waals surface area contributed by atoms with Crippen LogP contribution in [0, 0.1) is 11.3 Å². The average Bonchev–Trinajstić information content (AvgIpc) is 3.04. The molecule has 128 valence electrons. The van der Waals surface area contributed by atoms with Crippen molar-refractivity contribution in [2.24, 2.45) is 0 Å². The first-order valence-electron chi connectivity index (χ1n) is 8.77. The smallest absolute Gasteiger partial charge is 0.163 e. The molecule has 2 heterocycles. The van der Waals surface area contributed by atoms with Gasteiger partial charge in [0.15, 0.2) is 5.65 Å². The van der Waals surface area contributed by atoms with Gasteiger partial charge in [0.2, 0.25) is 0 Å². The second kappa shape index (κ2) is 8.60. The maximum absolute atomic E-state index is 8.70. The van der Waals surface area contributed by atoms with Gasteiger partial charge in [0, 0.05) is 13.2 Å². The van der Waals surface area contributed by atoms with Gasteiger partial charge in [-0.3, -0.25) is 0 Å². The summed E-state index contributed by atoms with van der Waals surface area (Å²) in [6.07, 6.45) is 11.5. The van der Waals surface area contributed by atoms with E-state index >= 15 is 0 Å². The first kappa shape index (κ1) is 16.7. The van der Waals surface area contributed by atoms with Crippen LogP contribution in [0.5, 0.6) is 0 Å². The molecule has 0 radical (unpaired) electrons. The molecular formula is C17H24N6O. The van der Waals surface area contributed by atoms with E-state index < -0.39 is 0 Å². The van der Waals surface area contributed by atoms with Gasteiger partial charge in [-0.25, -0.2) is 14.6 Å². The number of fused-ring (bicyclic) bond motifs is 1. The van der Waals surface area contributed by atoms with Crippen molar-refractivity contribution < 1.29 is 4.74 Å². The van der Waals surface area contributed by atoms with Gasteiger partial charge in [-0.1, -0.05) is 19.3 Å². The molecule has 1 saturated carbocycles. The van der Waals surface area contributed by atoms with Crippen molar-refractivity contribution >= 4 is 16.9 Å². The van der Waals surface area contributed by atoms with Crippen LogP contribution in [0.15, 0.2) is 12.5 Å². The van der Waals surface area contributed by atoms with Crippen molar-refractivity contribution in [3.63, 3.8) is 0 Å². The molecule has 2 aromatic heterocycles. The third kappa shape index (κ3) is 4.20. The number of nitrogens with one attached hydrogen (secondary N) is 1. The first-order valence-corrected chi connectivity index (χ1v) is 8.77. The summed E-state index contributed by atoms with van der Waals surface area (Å²) in [7, 11) is 0. The predicted molar refractivity (Wildman–Crippen MR) is 91.5 cm³/mol. The van der Waals surface area contributed by atoms with Gasteiger partial charge in [-0.2, -0.15) is 10.4 Å². The zero-order valence-corrected chi connectivity index (χ0v) is 13.9. The van der Waals surface area contributed by atoms with Gasteiger partial charge >= 0.3 is 0 Å². The van der Waals surface area contributed by atoms with Crippen LogP contribution in [0.25, 0.3) is 11.0 Å². The number of hydrogen-bond donors (Lipinski definition) is 1. The number of rotatable bonds is 8. The van der Waals surface area contributed by atoms with Gasteiger partial charge in [0.05, 0.1) is 36.7 Å². The molecule has 0 bridgehead atoms. The average molecular weight is 328 g/mol. The molecule has 0 atom stereocenters. The second-order valence-corrected chi connectivity index (χ2v) is 6.15. The maximum Gasteiger partial charge on any atom is 0.163 e. The number of nitriles is 1. The Labute approximate surface area is 142 Å². The first-order chi connectivity index (χ1) is 11.9. The molecule has 0 amide bonds. The zero-order chi connectivity index (χ0) is 16.6. The Morgan fingerprint density at radius 1 is 1.29 bits per heavy atom. The van der Waals surface area contributed by atoms with Gasteiger partial charge < -0.3 is 10.1 Å². The van der Waals surface area contributed by atoms with E-state index in [1.54, 1.807) is 10.9 Å². The molecule has 7 nitrogen and oxygen atoms in total. The van der Waals surface area contributed by atoms with E-state index in [-0.39, 0.29) is 0 Å². The fourth-order valence-corrected chi connectivity index (χ4v) is 3.11. The summed E-state index contributed by atoms with van der Waals surface area (Å²) in [6, 6.07) is 2.13. The molecule has 1 fully saturated rings. The molecule has 0 aromatic carbocycles. The van der Waals surface area contributed by atoms with Crippen LogP contribution >= 0.6 is 0 Å². The molecular weight excluding hydrogens is 304 g/mol. The summed E-state index contributed by atoms with van der Waals surface area (Å²) in [5.74, 6) is 0.792. The van der Waals surface area contributed by atoms with Crippen molar-refractivity contribution in [3.05, 3.63) is 12.5 Å². The monoisotopic (exact) mass is 328 g/mol. The Morgan fingerprint density at radius 2 is 2.17 bits per heavy atom. The van der Waals surface area contributed by atoms with Crippen LogP contribution in [0.3, 0.4) is 0 Å². The van der Waals surface area contributed by atoms with Gasteiger partial charge in [-0.15, -0.1) is 0 Å². The van der Waals surface area contributed by atoms with E-state index in [1.807, 2.05) is 0 Å². The highest BCUT2D eigenvalue weighted by atomic mass is 16.5. The number of ether oxygens (including phenoxy) is 1. The minimum absolute atomic E-state index is 0.419. The molecule has 0 unspecified atom stereocenters. The highest BCUT2D eigenvalue weighted by molar-refractivity contribution is 5.85. The van der Waals surface area contributed by atoms with Gasteiger partial charge in [-0.05, 0) is 19.3 Å². The molecule has 7 heteroatoms. The fraction of sp³-hybridized carbons (Fsp3) is 0.647. The number of nitrogens with zero attached hydrogens (tertiary/aromatic N) is 5. The zero-order valence-electron chi connectivity index (χ0n) is 13.9. The van der Waals surface area contributed by atoms with Crippen LogP contribution in [-0.4, -0.2) is 39.0 Å². The molecule has 2 aromatic rings. The Bertz CT molecular complexity index is 686. The third-order valence-corrected chi connectivity index (χ3v) is 4.39. The van der Waals surface area contributed by atoms with E-state index in [2.05, 4.69) is 26.5 Å². The van der Waals surface area contributed by atoms with Gasteiger partial charge in [0.25, 0.3) is 0 Å². The van der Waals surface area contributed by atoms with Crippen molar-refractivity contribution in [2.75, 3.05) is 18.5 Å². The lowest BCUT2D eigenvalue weighted by Gasteiger charge is -2.21. The maximum atomic E-state index is 8.70. The van der Waals surface area contributed by atoms with Gasteiger partial charge in [0.1, 0.15) is 12.1 Å². The van der Waals surface area contributed by atoms with Crippen LogP contribution < -0.4 is 5.32 Å². The summed E-state index contributed by atoms with van der Waals surface area (Å²) < 4.78 is 7.68. The van der Waals surface area contributed by atoms with Crippen LogP contribution in [0.4, 0.5) is 5.82 Å². The van der Waals surface area contributed by atoms with E-state index in [9.17, 15) is 0 Å². The topological polar surface area (TPSA) is 88.7 Å². The third-order valence-electron chi connectivity index (χ3n) is 4.39. The molecule has 0 saturated heterocycles. The summed E-state index contributed by atoms with van der Waals surface area (Å²) in [5.41, 5.74) is 0.765. The Balaban J connectivity index is 1.48. The standard InChI is InChI=1S/C17H24N6O/c18-8-4-10-23-17-15(12-22-23)16(20-13-21-17)19-9-5-11-24-14-6-2-1-3-7-14/h12-14H,1-7,9-11H2,(H,19,20,21). The molecule has 1 N–H and O–H groups in total. The lowest BCUT2D eigenvalue weighted by atomic mass is 9.98. The fourth-order valence-electron chi connectivity index (χ4n) is 3.11. The number of aryl methyl sites for hydroxylation is 1. The molecule has 24 heavy (non-hydrogen) atoms. The van der Waals surface area contributed by atoms with E-state index in [0.717, 1.165) is 36.4 Å². The Kier molecular flexibility index (Phi) is 5.96. The largest absolute Gasteiger partial charge is 0.378 e. The molecule has 0 spiro atoms. The highest BCUT2D eigenvalue weighted by Crippen LogP contribution is 2.21. The summed E-state index contributed by atoms with van der Waals surface area (Å²) in [5, 5.41) is 17.2. The summed E-state index contributed by atoms with van der Waals surface area (Å²) in [4.78, 5) is 8.58. The number of anilines is 1. The lowest BCUT2D eigenvalue weighted by Crippen LogP contribution is -2.18. The second-order valence-electron chi connectivity index (χ2n) is 6.15. The van der Waals surface area contributed by atoms with E-state index in [0.29, 0.717) is 19.1 Å². The van der Waals surface area contributed by atoms with Crippen molar-refractivity contribution in [2.45, 2.75) is 57.6 Å². The molecule has 0 aliphatic heterocycles. The minimum atomic E-state index is 0.419. The van der Waals surface area contributed by atoms with E-state index in [1.165, 1.54) is 38.4 Å². The molecule has 1 aliphatic carbocycles. The number of hydrogen-bond acceptors (Lipinski definition) is 6. The Hall–Kier alpha value is -2.20. The lowest BCUT2D eigenvalue weighted by molar-refractivity contribution is 0.0284. The summed E-state index contributed by atoms with van der Waals surface area (Å²) in [6.45, 7) is 2.14. The summed E-state index contributed by atoms with van der Waals surface area (Å²) >= 11 is 0. The molecule has 3 rings (SSSR count). The van der Waals surface area contributed by atoms with Crippen LogP contribution in [0.1, 0.15) is 44.9 Å². The SMILES string of the molecule is N#CCCn1ncc2c(NCCCOC3CCCCC3)ncnc21. The normalized spacial score (nSPS) is 15.5. The Morgan fingerprint density at radius 3 is 3.00 bits per heavy atom. The minimum Gasteiger partial charge on any atom is -0.378 e. The molecule has 1 aliphatic rings. The van der Waals surface area contributed by atoms with Crippen LogP contribution in [0.2, 0.25) is 0 Å². The van der Waals surface area contributed by atoms with Crippen molar-refractivity contribution in [3.8, 4) is 6.07 Å². The number of aromatic nitrogens is 4. The van der Waals surface area contributed by atoms with E-state index in [4.69, 9.17) is 10.00 Å². The predicted octanol–water partition coefficient (Wildman–Crippen LogP) is 2.89. The van der Waals surface area contributed by atoms with Crippen LogP contribution in [-0.2, 0) is 11.3 Å². The quantitative estimate of drug-likeness (QED) is 0.750. The van der Waals surface area contributed by atoms with Crippen molar-refractivity contribution in [1.82, 2.24) is 19.7 Å². The highest BCUT2D eigenvalue weighted by Gasteiger charge is 2.13.